The Morgan fingerprint density at radius 2 is 0.526 bits per heavy atom. The van der Waals surface area contributed by atoms with Gasteiger partial charge >= 0.3 is 5.97 Å². The van der Waals surface area contributed by atoms with Crippen LogP contribution in [-0.4, -0.2) is 47.4 Å². The predicted molar refractivity (Wildman–Crippen MR) is 421 cm³/mol. The van der Waals surface area contributed by atoms with E-state index in [0.29, 0.717) is 19.4 Å². The highest BCUT2D eigenvalue weighted by Crippen LogP contribution is 2.20. The zero-order chi connectivity index (χ0) is 68.4. The predicted octanol–water partition coefficient (Wildman–Crippen LogP) is 28.9. The molecule has 95 heavy (non-hydrogen) atoms. The van der Waals surface area contributed by atoms with Crippen molar-refractivity contribution in [3.8, 4) is 0 Å². The van der Waals surface area contributed by atoms with Gasteiger partial charge < -0.3 is 20.3 Å². The van der Waals surface area contributed by atoms with E-state index in [0.717, 1.165) is 57.8 Å². The minimum absolute atomic E-state index is 0.0117. The normalized spacial score (nSPS) is 12.8. The van der Waals surface area contributed by atoms with Gasteiger partial charge in [0, 0.05) is 12.8 Å². The van der Waals surface area contributed by atoms with Gasteiger partial charge in [-0.15, -0.1) is 0 Å². The third-order valence-corrected chi connectivity index (χ3v) is 20.0. The van der Waals surface area contributed by atoms with Crippen LogP contribution in [0.2, 0.25) is 0 Å². The highest BCUT2D eigenvalue weighted by Gasteiger charge is 2.18. The molecular weight excluding hydrogens is 1160 g/mol. The second-order valence-corrected chi connectivity index (χ2v) is 29.5. The Labute approximate surface area is 594 Å². The standard InChI is InChI=1S/C89H167NO5/c1-3-5-7-9-11-13-15-17-19-21-23-24-40-43-46-49-53-57-61-65-69-73-77-81-87(92)86(85-91)90-88(93)82-78-74-70-66-62-58-54-50-47-44-41-38-36-34-32-30-28-26-25-27-29-31-33-35-37-39-42-45-48-52-56-60-64-68-72-76-80-84-95-89(94)83-79-75-71-67-63-59-55-51-22-20-18-16-14-12-10-8-6-4-2/h14,16,20,22,25,27,31,33,77,81,86-87,91-92H,3-13,15,17-19,21,23-24,26,28-30,32,34-76,78-80,82-85H2,1-2H3,(H,90,93)/b16-14-,22-20-,27-25-,33-31-,81-77+. The van der Waals surface area contributed by atoms with Crippen molar-refractivity contribution in [1.82, 2.24) is 5.32 Å². The van der Waals surface area contributed by atoms with Gasteiger partial charge in [-0.25, -0.2) is 0 Å². The van der Waals surface area contributed by atoms with Gasteiger partial charge in [0.25, 0.3) is 0 Å². The van der Waals surface area contributed by atoms with Crippen molar-refractivity contribution in [2.75, 3.05) is 13.2 Å². The van der Waals surface area contributed by atoms with Crippen molar-refractivity contribution in [2.24, 2.45) is 0 Å². The molecule has 0 aromatic heterocycles. The lowest BCUT2D eigenvalue weighted by atomic mass is 10.0. The molecule has 0 rings (SSSR count). The third kappa shape index (κ3) is 80.4. The molecule has 0 fully saturated rings. The molecule has 2 unspecified atom stereocenters. The quantitative estimate of drug-likeness (QED) is 0.0320. The van der Waals surface area contributed by atoms with Crippen molar-refractivity contribution in [1.29, 1.82) is 0 Å². The molecule has 0 saturated carbocycles. The molecule has 6 nitrogen and oxygen atoms in total. The summed E-state index contributed by atoms with van der Waals surface area (Å²) >= 11 is 0. The lowest BCUT2D eigenvalue weighted by molar-refractivity contribution is -0.143. The minimum Gasteiger partial charge on any atom is -0.466 e. The van der Waals surface area contributed by atoms with E-state index in [1.165, 1.54) is 385 Å². The molecule has 6 heteroatoms. The molecule has 558 valence electrons. The molecule has 0 aromatic carbocycles. The van der Waals surface area contributed by atoms with Crippen LogP contribution in [0.1, 0.15) is 470 Å². The maximum atomic E-state index is 12.6. The molecule has 0 bridgehead atoms. The van der Waals surface area contributed by atoms with Crippen LogP contribution in [0.25, 0.3) is 0 Å². The second-order valence-electron chi connectivity index (χ2n) is 29.5. The highest BCUT2D eigenvalue weighted by molar-refractivity contribution is 5.76. The molecule has 0 aromatic rings. The number of aliphatic hydroxyl groups excluding tert-OH is 2. The van der Waals surface area contributed by atoms with Crippen LogP contribution in [0, 0.1) is 0 Å². The van der Waals surface area contributed by atoms with Crippen molar-refractivity contribution in [3.63, 3.8) is 0 Å². The van der Waals surface area contributed by atoms with E-state index in [1.807, 2.05) is 6.08 Å². The Morgan fingerprint density at radius 1 is 0.295 bits per heavy atom. The fourth-order valence-corrected chi connectivity index (χ4v) is 13.5. The summed E-state index contributed by atoms with van der Waals surface area (Å²) in [6.45, 7) is 4.93. The van der Waals surface area contributed by atoms with E-state index in [2.05, 4.69) is 67.8 Å². The van der Waals surface area contributed by atoms with Crippen molar-refractivity contribution in [2.45, 2.75) is 482 Å². The third-order valence-electron chi connectivity index (χ3n) is 20.0. The summed E-state index contributed by atoms with van der Waals surface area (Å²) in [5.74, 6) is -0.0490. The number of unbranched alkanes of at least 4 members (excludes halogenated alkanes) is 62. The monoisotopic (exact) mass is 1330 g/mol. The number of ether oxygens (including phenoxy) is 1. The Bertz CT molecular complexity index is 1630. The molecule has 0 heterocycles. The maximum absolute atomic E-state index is 12.6. The number of hydrogen-bond acceptors (Lipinski definition) is 5. The summed E-state index contributed by atoms with van der Waals surface area (Å²) in [5.41, 5.74) is 0. The summed E-state index contributed by atoms with van der Waals surface area (Å²) in [5, 5.41) is 23.3. The molecule has 0 spiro atoms. The van der Waals surface area contributed by atoms with Crippen LogP contribution in [0.3, 0.4) is 0 Å². The highest BCUT2D eigenvalue weighted by atomic mass is 16.5. The first-order valence-electron chi connectivity index (χ1n) is 43.1. The lowest BCUT2D eigenvalue weighted by Crippen LogP contribution is -2.45. The average molecular weight is 1330 g/mol. The number of amides is 1. The van der Waals surface area contributed by atoms with Crippen LogP contribution in [-0.2, 0) is 14.3 Å². The Kier molecular flexibility index (Phi) is 81.8. The molecule has 2 atom stereocenters. The molecule has 0 aliphatic heterocycles. The van der Waals surface area contributed by atoms with Crippen molar-refractivity contribution < 1.29 is 24.5 Å². The van der Waals surface area contributed by atoms with Gasteiger partial charge in [-0.05, 0) is 96.3 Å². The topological polar surface area (TPSA) is 95.9 Å². The molecule has 3 N–H and O–H groups in total. The van der Waals surface area contributed by atoms with Gasteiger partial charge in [0.1, 0.15) is 0 Å². The first-order valence-corrected chi connectivity index (χ1v) is 43.1. The van der Waals surface area contributed by atoms with Crippen LogP contribution in [0.15, 0.2) is 60.8 Å². The van der Waals surface area contributed by atoms with Crippen LogP contribution in [0.5, 0.6) is 0 Å². The van der Waals surface area contributed by atoms with E-state index < -0.39 is 12.1 Å². The van der Waals surface area contributed by atoms with Gasteiger partial charge in [0.2, 0.25) is 5.91 Å². The largest absolute Gasteiger partial charge is 0.466 e. The first kappa shape index (κ1) is 92.6. The van der Waals surface area contributed by atoms with Crippen molar-refractivity contribution in [3.05, 3.63) is 60.8 Å². The average Bonchev–Trinajstić information content (AvgIpc) is 3.03. The fourth-order valence-electron chi connectivity index (χ4n) is 13.5. The second kappa shape index (κ2) is 84.0. The number of allylic oxidation sites excluding steroid dienone is 9. The fraction of sp³-hybridized carbons (Fsp3) is 0.865. The minimum atomic E-state index is -0.845. The molecule has 0 saturated heterocycles. The summed E-state index contributed by atoms with van der Waals surface area (Å²) < 4.78 is 5.51. The van der Waals surface area contributed by atoms with Gasteiger partial charge in [0.15, 0.2) is 0 Å². The summed E-state index contributed by atoms with van der Waals surface area (Å²) in [6.07, 6.45) is 114. The first-order chi connectivity index (χ1) is 47.0. The molecule has 0 radical (unpaired) electrons. The summed E-state index contributed by atoms with van der Waals surface area (Å²) in [7, 11) is 0. The van der Waals surface area contributed by atoms with E-state index in [-0.39, 0.29) is 18.5 Å². The number of carbonyl (C=O) groups is 2. The molecule has 0 aliphatic carbocycles. The van der Waals surface area contributed by atoms with E-state index >= 15 is 0 Å². The smallest absolute Gasteiger partial charge is 0.305 e. The van der Waals surface area contributed by atoms with Crippen LogP contribution in [0.4, 0.5) is 0 Å². The number of carbonyl (C=O) groups excluding carboxylic acids is 2. The Hall–Kier alpha value is -2.44. The van der Waals surface area contributed by atoms with Gasteiger partial charge in [-0.2, -0.15) is 0 Å². The van der Waals surface area contributed by atoms with E-state index in [4.69, 9.17) is 4.74 Å². The maximum Gasteiger partial charge on any atom is 0.305 e. The number of hydrogen-bond donors (Lipinski definition) is 3. The summed E-state index contributed by atoms with van der Waals surface area (Å²) in [6, 6.07) is -0.628. The van der Waals surface area contributed by atoms with Crippen LogP contribution >= 0.6 is 0 Å². The molecule has 1 amide bonds. The van der Waals surface area contributed by atoms with Gasteiger partial charge in [0.05, 0.1) is 25.4 Å². The Balaban J connectivity index is 3.38. The Morgan fingerprint density at radius 3 is 0.811 bits per heavy atom. The van der Waals surface area contributed by atoms with Gasteiger partial charge in [-0.3, -0.25) is 9.59 Å². The van der Waals surface area contributed by atoms with E-state index in [1.54, 1.807) is 6.08 Å². The van der Waals surface area contributed by atoms with Crippen molar-refractivity contribution >= 4 is 11.9 Å². The zero-order valence-electron chi connectivity index (χ0n) is 64.2. The number of esters is 1. The van der Waals surface area contributed by atoms with E-state index in [9.17, 15) is 19.8 Å². The zero-order valence-corrected chi connectivity index (χ0v) is 64.2. The van der Waals surface area contributed by atoms with Gasteiger partial charge in [-0.1, -0.05) is 421 Å². The molecule has 0 aliphatic rings. The lowest BCUT2D eigenvalue weighted by Gasteiger charge is -2.20. The van der Waals surface area contributed by atoms with Crippen LogP contribution < -0.4 is 5.32 Å². The SMILES string of the molecule is CCCCCC/C=C\C/C=C\CCCCCCCCCC(=O)OCCCCCCCCCCCCCCC/C=C\C/C=C\CCCCCCCCCCCCCCCCCCCC(=O)NC(CO)C(O)/C=C/CCCCCCCCCCCCCCCCCCCCCCC. The molecular formula is C89H167NO5. The number of rotatable bonds is 81. The number of aliphatic hydroxyl groups is 2. The summed E-state index contributed by atoms with van der Waals surface area (Å²) in [4.78, 5) is 24.7. The number of nitrogens with one attached hydrogen (secondary N) is 1.